The number of halogens is 1. The summed E-state index contributed by atoms with van der Waals surface area (Å²) in [7, 11) is -1.77. The molecule has 0 saturated heterocycles. The van der Waals surface area contributed by atoms with Gasteiger partial charge in [-0.25, -0.2) is 18.1 Å². The third kappa shape index (κ3) is 2.59. The van der Waals surface area contributed by atoms with Crippen molar-refractivity contribution in [3.05, 3.63) is 10.4 Å². The number of sulfonamides is 1. The van der Waals surface area contributed by atoms with Gasteiger partial charge >= 0.3 is 0 Å². The Labute approximate surface area is 98.1 Å². The van der Waals surface area contributed by atoms with Gasteiger partial charge in [0.25, 0.3) is 10.0 Å². The second-order valence-corrected chi connectivity index (χ2v) is 5.97. The Morgan fingerprint density at radius 1 is 1.47 bits per heavy atom. The van der Waals surface area contributed by atoms with Crippen LogP contribution in [0.5, 0.6) is 0 Å². The van der Waals surface area contributed by atoms with Crippen LogP contribution in [0.1, 0.15) is 19.7 Å². The number of rotatable bonds is 3. The monoisotopic (exact) mass is 295 g/mol. The van der Waals surface area contributed by atoms with Crippen molar-refractivity contribution in [2.45, 2.75) is 31.8 Å². The average molecular weight is 296 g/mol. The van der Waals surface area contributed by atoms with E-state index in [-0.39, 0.29) is 11.1 Å². The number of hydrogen-bond donors (Lipinski definition) is 1. The molecular formula is C8H14BrN3O2S. The van der Waals surface area contributed by atoms with Crippen LogP contribution in [0.15, 0.2) is 9.63 Å². The maximum absolute atomic E-state index is 11.8. The number of aryl methyl sites for hydroxylation is 1. The molecule has 1 aromatic heterocycles. The lowest BCUT2D eigenvalue weighted by molar-refractivity contribution is 0.565. The lowest BCUT2D eigenvalue weighted by Gasteiger charge is -2.07. The van der Waals surface area contributed by atoms with E-state index in [4.69, 9.17) is 0 Å². The van der Waals surface area contributed by atoms with Gasteiger partial charge in [0.15, 0.2) is 0 Å². The first kappa shape index (κ1) is 12.7. The van der Waals surface area contributed by atoms with Crippen molar-refractivity contribution in [2.75, 3.05) is 0 Å². The van der Waals surface area contributed by atoms with Gasteiger partial charge in [-0.3, -0.25) is 0 Å². The fraction of sp³-hybridized carbons (Fsp3) is 0.625. The quantitative estimate of drug-likeness (QED) is 0.911. The first-order valence-corrected chi connectivity index (χ1v) is 6.74. The van der Waals surface area contributed by atoms with Crippen molar-refractivity contribution in [2.24, 2.45) is 7.05 Å². The fourth-order valence-electron chi connectivity index (χ4n) is 1.09. The van der Waals surface area contributed by atoms with Crippen LogP contribution in [0, 0.1) is 6.92 Å². The first-order valence-electron chi connectivity index (χ1n) is 4.47. The summed E-state index contributed by atoms with van der Waals surface area (Å²) in [5.41, 5.74) is 0. The van der Waals surface area contributed by atoms with E-state index < -0.39 is 10.0 Å². The maximum Gasteiger partial charge on any atom is 0.261 e. The minimum Gasteiger partial charge on any atom is -0.325 e. The van der Waals surface area contributed by atoms with E-state index in [1.165, 1.54) is 0 Å². The zero-order valence-electron chi connectivity index (χ0n) is 9.07. The Kier molecular flexibility index (Phi) is 3.57. The van der Waals surface area contributed by atoms with Crippen LogP contribution >= 0.6 is 15.9 Å². The molecule has 1 N–H and O–H groups in total. The summed E-state index contributed by atoms with van der Waals surface area (Å²) in [5.74, 6) is 0.644. The molecule has 1 aromatic rings. The van der Waals surface area contributed by atoms with E-state index >= 15 is 0 Å². The SMILES string of the molecule is Cc1nc(S(=O)(=O)NC(C)C)c(Br)n1C. The molecule has 7 heteroatoms. The minimum atomic E-state index is -3.52. The topological polar surface area (TPSA) is 64.0 Å². The van der Waals surface area contributed by atoms with Gasteiger partial charge in [-0.2, -0.15) is 0 Å². The summed E-state index contributed by atoms with van der Waals surface area (Å²) in [6.07, 6.45) is 0. The van der Waals surface area contributed by atoms with Crippen LogP contribution in [-0.4, -0.2) is 24.0 Å². The van der Waals surface area contributed by atoms with E-state index in [2.05, 4.69) is 25.6 Å². The Morgan fingerprint density at radius 3 is 2.33 bits per heavy atom. The van der Waals surface area contributed by atoms with Gasteiger partial charge in [0.05, 0.1) is 0 Å². The van der Waals surface area contributed by atoms with Crippen molar-refractivity contribution < 1.29 is 8.42 Å². The standard InChI is InChI=1S/C8H14BrN3O2S/c1-5(2)11-15(13,14)8-7(9)12(4)6(3)10-8/h5,11H,1-4H3. The van der Waals surface area contributed by atoms with Crippen molar-refractivity contribution in [3.8, 4) is 0 Å². The summed E-state index contributed by atoms with van der Waals surface area (Å²) >= 11 is 3.21. The van der Waals surface area contributed by atoms with E-state index in [1.54, 1.807) is 32.4 Å². The minimum absolute atomic E-state index is 0.0381. The molecule has 0 aliphatic carbocycles. The smallest absolute Gasteiger partial charge is 0.261 e. The highest BCUT2D eigenvalue weighted by Crippen LogP contribution is 2.21. The largest absolute Gasteiger partial charge is 0.325 e. The van der Waals surface area contributed by atoms with Crippen molar-refractivity contribution in [1.29, 1.82) is 0 Å². The van der Waals surface area contributed by atoms with Crippen molar-refractivity contribution >= 4 is 26.0 Å². The van der Waals surface area contributed by atoms with E-state index in [1.807, 2.05) is 0 Å². The highest BCUT2D eigenvalue weighted by Gasteiger charge is 2.24. The van der Waals surface area contributed by atoms with Gasteiger partial charge in [-0.05, 0) is 36.7 Å². The zero-order valence-corrected chi connectivity index (χ0v) is 11.5. The molecule has 0 atom stereocenters. The lowest BCUT2D eigenvalue weighted by atomic mass is 10.4. The number of hydrogen-bond acceptors (Lipinski definition) is 3. The number of imidazole rings is 1. The molecule has 0 spiro atoms. The lowest BCUT2D eigenvalue weighted by Crippen LogP contribution is -2.30. The summed E-state index contributed by atoms with van der Waals surface area (Å²) in [5, 5.41) is 0.0381. The van der Waals surface area contributed by atoms with Crippen LogP contribution in [0.2, 0.25) is 0 Å². The Morgan fingerprint density at radius 2 is 2.00 bits per heavy atom. The summed E-state index contributed by atoms with van der Waals surface area (Å²) < 4.78 is 28.2. The second kappa shape index (κ2) is 4.23. The van der Waals surface area contributed by atoms with Crippen LogP contribution in [-0.2, 0) is 17.1 Å². The molecule has 0 aliphatic heterocycles. The van der Waals surface area contributed by atoms with Crippen LogP contribution in [0.3, 0.4) is 0 Å². The predicted molar refractivity (Wildman–Crippen MR) is 61.1 cm³/mol. The van der Waals surface area contributed by atoms with Crippen molar-refractivity contribution in [1.82, 2.24) is 14.3 Å². The molecule has 0 aromatic carbocycles. The van der Waals surface area contributed by atoms with E-state index in [0.29, 0.717) is 10.4 Å². The summed E-state index contributed by atoms with van der Waals surface area (Å²) in [6.45, 7) is 5.28. The van der Waals surface area contributed by atoms with Gasteiger partial charge in [0, 0.05) is 13.1 Å². The molecule has 0 fully saturated rings. The Bertz CT molecular complexity index is 464. The van der Waals surface area contributed by atoms with Gasteiger partial charge in [0.2, 0.25) is 5.03 Å². The molecule has 0 radical (unpaired) electrons. The molecule has 86 valence electrons. The molecule has 5 nitrogen and oxygen atoms in total. The number of aromatic nitrogens is 2. The zero-order chi connectivity index (χ0) is 11.8. The molecule has 0 saturated carbocycles. The second-order valence-electron chi connectivity index (χ2n) is 3.59. The Balaban J connectivity index is 3.22. The van der Waals surface area contributed by atoms with E-state index in [9.17, 15) is 8.42 Å². The molecule has 0 bridgehead atoms. The highest BCUT2D eigenvalue weighted by atomic mass is 79.9. The van der Waals surface area contributed by atoms with Crippen LogP contribution < -0.4 is 4.72 Å². The molecule has 1 rings (SSSR count). The van der Waals surface area contributed by atoms with Crippen LogP contribution in [0.25, 0.3) is 0 Å². The first-order chi connectivity index (χ1) is 6.75. The van der Waals surface area contributed by atoms with E-state index in [0.717, 1.165) is 0 Å². The van der Waals surface area contributed by atoms with Gasteiger partial charge < -0.3 is 4.57 Å². The molecule has 0 amide bonds. The van der Waals surface area contributed by atoms with Gasteiger partial charge in [-0.1, -0.05) is 0 Å². The average Bonchev–Trinajstić information content (AvgIpc) is 2.31. The summed E-state index contributed by atoms with van der Waals surface area (Å²) in [4.78, 5) is 4.00. The normalized spacial score (nSPS) is 12.4. The summed E-state index contributed by atoms with van der Waals surface area (Å²) in [6, 6.07) is -0.149. The predicted octanol–water partition coefficient (Wildman–Crippen LogP) is 1.18. The Hall–Kier alpha value is -0.400. The maximum atomic E-state index is 11.8. The molecule has 0 unspecified atom stereocenters. The fourth-order valence-corrected chi connectivity index (χ4v) is 3.42. The van der Waals surface area contributed by atoms with Gasteiger partial charge in [0.1, 0.15) is 10.4 Å². The number of nitrogens with one attached hydrogen (secondary N) is 1. The van der Waals surface area contributed by atoms with Crippen molar-refractivity contribution in [3.63, 3.8) is 0 Å². The number of nitrogens with zero attached hydrogens (tertiary/aromatic N) is 2. The highest BCUT2D eigenvalue weighted by molar-refractivity contribution is 9.10. The van der Waals surface area contributed by atoms with Crippen LogP contribution in [0.4, 0.5) is 0 Å². The molecule has 15 heavy (non-hydrogen) atoms. The van der Waals surface area contributed by atoms with Gasteiger partial charge in [-0.15, -0.1) is 0 Å². The molecule has 0 aliphatic rings. The third-order valence-electron chi connectivity index (χ3n) is 1.87. The molecular weight excluding hydrogens is 282 g/mol. The third-order valence-corrected chi connectivity index (χ3v) is 4.61. The molecule has 1 heterocycles.